The van der Waals surface area contributed by atoms with E-state index in [1.165, 1.54) is 32.9 Å². The van der Waals surface area contributed by atoms with Crippen LogP contribution in [0.4, 0.5) is 0 Å². The molecule has 0 saturated carbocycles. The first kappa shape index (κ1) is 27.0. The molecule has 0 unspecified atom stereocenters. The van der Waals surface area contributed by atoms with E-state index >= 15 is 4.57 Å². The second kappa shape index (κ2) is 10.1. The summed E-state index contributed by atoms with van der Waals surface area (Å²) >= 11 is 0. The number of hydrogen-bond donors (Lipinski definition) is 0. The predicted molar refractivity (Wildman–Crippen MR) is 196 cm³/mol. The van der Waals surface area contributed by atoms with Gasteiger partial charge in [0, 0.05) is 37.5 Å². The summed E-state index contributed by atoms with van der Waals surface area (Å²) in [7, 11) is -3.22. The molecule has 0 aliphatic carbocycles. The minimum atomic E-state index is -3.22. The van der Waals surface area contributed by atoms with Crippen molar-refractivity contribution in [2.75, 3.05) is 0 Å². The van der Waals surface area contributed by atoms with Gasteiger partial charge in [-0.3, -0.25) is 0 Å². The van der Waals surface area contributed by atoms with Gasteiger partial charge in [-0.1, -0.05) is 127 Å². The Hall–Kier alpha value is -5.37. The van der Waals surface area contributed by atoms with Crippen LogP contribution in [-0.4, -0.2) is 8.80 Å². The van der Waals surface area contributed by atoms with Crippen LogP contribution in [0.15, 0.2) is 152 Å². The van der Waals surface area contributed by atoms with Crippen molar-refractivity contribution in [1.82, 2.24) is 8.80 Å². The normalized spacial score (nSPS) is 12.2. The third-order valence-corrected chi connectivity index (χ3v) is 12.8. The minimum absolute atomic E-state index is 0.820. The molecule has 0 saturated heterocycles. The predicted octanol–water partition coefficient (Wildman–Crippen LogP) is 9.62. The van der Waals surface area contributed by atoms with Crippen LogP contribution in [0.25, 0.3) is 54.6 Å². The number of rotatable bonds is 3. The lowest BCUT2D eigenvalue weighted by Gasteiger charge is -2.21. The third-order valence-electron chi connectivity index (χ3n) is 9.74. The first-order valence-corrected chi connectivity index (χ1v) is 17.4. The van der Waals surface area contributed by atoms with E-state index in [1.54, 1.807) is 0 Å². The third kappa shape index (κ3) is 3.64. The zero-order valence-electron chi connectivity index (χ0n) is 25.7. The van der Waals surface area contributed by atoms with Crippen LogP contribution in [-0.2, 0) is 4.57 Å². The van der Waals surface area contributed by atoms with Crippen molar-refractivity contribution in [2.24, 2.45) is 0 Å². The van der Waals surface area contributed by atoms with Crippen molar-refractivity contribution in [1.29, 1.82) is 0 Å². The first-order chi connectivity index (χ1) is 22.6. The summed E-state index contributed by atoms with van der Waals surface area (Å²) < 4.78 is 20.5. The van der Waals surface area contributed by atoms with Crippen molar-refractivity contribution >= 4 is 77.7 Å². The molecule has 46 heavy (non-hydrogen) atoms. The molecular formula is C42H31N2OP. The molecule has 3 aromatic heterocycles. The van der Waals surface area contributed by atoms with Gasteiger partial charge < -0.3 is 13.4 Å². The highest BCUT2D eigenvalue weighted by atomic mass is 31.2. The van der Waals surface area contributed by atoms with E-state index in [0.717, 1.165) is 48.8 Å². The van der Waals surface area contributed by atoms with Gasteiger partial charge in [-0.15, -0.1) is 0 Å². The Balaban J connectivity index is 1.59. The number of aromatic nitrogens is 2. The number of fused-ring (bicyclic) bond motifs is 12. The van der Waals surface area contributed by atoms with Crippen molar-refractivity contribution in [3.63, 3.8) is 0 Å². The number of para-hydroxylation sites is 3. The summed E-state index contributed by atoms with van der Waals surface area (Å²) in [4.78, 5) is 0. The summed E-state index contributed by atoms with van der Waals surface area (Å²) in [6.45, 7) is 4.49. The largest absolute Gasteiger partial charge is 0.309 e. The van der Waals surface area contributed by atoms with Gasteiger partial charge in [-0.2, -0.15) is 0 Å². The molecule has 0 aliphatic rings. The molecule has 4 heteroatoms. The summed E-state index contributed by atoms with van der Waals surface area (Å²) in [5.74, 6) is 0. The van der Waals surface area contributed by atoms with Crippen molar-refractivity contribution in [3.05, 3.63) is 163 Å². The first-order valence-electron chi connectivity index (χ1n) is 15.7. The van der Waals surface area contributed by atoms with Gasteiger partial charge in [0.1, 0.15) is 0 Å². The van der Waals surface area contributed by atoms with Crippen molar-refractivity contribution in [3.8, 4) is 0 Å². The Kier molecular flexibility index (Phi) is 5.91. The zero-order valence-corrected chi connectivity index (χ0v) is 26.6. The Morgan fingerprint density at radius 2 is 0.783 bits per heavy atom. The Labute approximate surface area is 267 Å². The summed E-state index contributed by atoms with van der Waals surface area (Å²) in [5.41, 5.74) is 9.33. The Morgan fingerprint density at radius 3 is 1.30 bits per heavy atom. The lowest BCUT2D eigenvalue weighted by Crippen LogP contribution is -2.25. The molecule has 3 heterocycles. The maximum atomic E-state index is 15.6. The van der Waals surface area contributed by atoms with E-state index in [-0.39, 0.29) is 0 Å². The molecule has 0 radical (unpaired) electrons. The van der Waals surface area contributed by atoms with Crippen molar-refractivity contribution < 1.29 is 4.57 Å². The number of hydrogen-bond acceptors (Lipinski definition) is 1. The van der Waals surface area contributed by atoms with E-state index in [4.69, 9.17) is 0 Å². The molecule has 6 aromatic carbocycles. The quantitative estimate of drug-likeness (QED) is 0.183. The lowest BCUT2D eigenvalue weighted by atomic mass is 10.1. The van der Waals surface area contributed by atoms with E-state index in [0.29, 0.717) is 0 Å². The number of aryl methyl sites for hydroxylation is 2. The van der Waals surface area contributed by atoms with E-state index in [2.05, 4.69) is 114 Å². The smallest absolute Gasteiger partial charge is 0.171 e. The van der Waals surface area contributed by atoms with Gasteiger partial charge in [0.15, 0.2) is 7.14 Å². The van der Waals surface area contributed by atoms with Crippen molar-refractivity contribution in [2.45, 2.75) is 13.8 Å². The van der Waals surface area contributed by atoms with Gasteiger partial charge in [0.25, 0.3) is 0 Å². The van der Waals surface area contributed by atoms with Crippen LogP contribution in [0.3, 0.4) is 0 Å². The lowest BCUT2D eigenvalue weighted by molar-refractivity contribution is 0.592. The molecule has 0 bridgehead atoms. The second-order valence-corrected chi connectivity index (χ2v) is 14.9. The summed E-state index contributed by atoms with van der Waals surface area (Å²) in [6.07, 6.45) is 0. The molecule has 0 N–H and O–H groups in total. The van der Waals surface area contributed by atoms with Crippen LogP contribution in [0.2, 0.25) is 0 Å². The average molecular weight is 611 g/mol. The van der Waals surface area contributed by atoms with Gasteiger partial charge in [-0.05, 0) is 49.2 Å². The van der Waals surface area contributed by atoms with E-state index in [9.17, 15) is 0 Å². The molecule has 3 nitrogen and oxygen atoms in total. The molecule has 0 aliphatic heterocycles. The fourth-order valence-electron chi connectivity index (χ4n) is 7.62. The number of nitrogens with zero attached hydrogens (tertiary/aromatic N) is 2. The Bertz CT molecular complexity index is 2690. The van der Waals surface area contributed by atoms with Gasteiger partial charge in [-0.25, -0.2) is 0 Å². The highest BCUT2D eigenvalue weighted by Crippen LogP contribution is 2.44. The highest BCUT2D eigenvalue weighted by Gasteiger charge is 2.30. The SMILES string of the molecule is Cc1c2ccccc2n2c3ccccc3c3ccc(P(=O)(c4ccccc4)c4ccccc4)cc3n3c4ccccc4c(C)c3c12. The molecular weight excluding hydrogens is 579 g/mol. The molecule has 0 amide bonds. The maximum absolute atomic E-state index is 15.6. The average Bonchev–Trinajstić information content (AvgIpc) is 3.57. The summed E-state index contributed by atoms with van der Waals surface area (Å²) in [5, 5.41) is 7.18. The van der Waals surface area contributed by atoms with Crippen LogP contribution >= 0.6 is 7.14 Å². The second-order valence-electron chi connectivity index (χ2n) is 12.2. The minimum Gasteiger partial charge on any atom is -0.309 e. The van der Waals surface area contributed by atoms with Gasteiger partial charge in [0.05, 0.1) is 33.1 Å². The van der Waals surface area contributed by atoms with Crippen LogP contribution in [0.5, 0.6) is 0 Å². The number of benzene rings is 6. The van der Waals surface area contributed by atoms with Gasteiger partial charge >= 0.3 is 0 Å². The Morgan fingerprint density at radius 1 is 0.391 bits per heavy atom. The molecule has 0 fully saturated rings. The van der Waals surface area contributed by atoms with Crippen LogP contribution in [0.1, 0.15) is 11.1 Å². The fourth-order valence-corrected chi connectivity index (χ4v) is 10.3. The maximum Gasteiger partial charge on any atom is 0.171 e. The molecule has 0 spiro atoms. The molecule has 9 aromatic rings. The van der Waals surface area contributed by atoms with Gasteiger partial charge in [0.2, 0.25) is 0 Å². The monoisotopic (exact) mass is 610 g/mol. The van der Waals surface area contributed by atoms with Crippen LogP contribution < -0.4 is 15.9 Å². The molecule has 9 rings (SSSR count). The molecule has 220 valence electrons. The van der Waals surface area contributed by atoms with Crippen LogP contribution in [0, 0.1) is 13.8 Å². The molecule has 0 atom stereocenters. The summed E-state index contributed by atoms with van der Waals surface area (Å²) in [6, 6.07) is 52.5. The topological polar surface area (TPSA) is 25.9 Å². The zero-order chi connectivity index (χ0) is 31.0. The van der Waals surface area contributed by atoms with E-state index < -0.39 is 7.14 Å². The fraction of sp³-hybridized carbons (Fsp3) is 0.0476. The standard InChI is InChI=1S/C42H31N2OP/c1-28-33-19-9-12-22-37(33)43-39-24-14-11-21-35(39)36-26-25-32(46(45,30-15-5-3-6-16-30)31-17-7-4-8-18-31)27-40(36)44-38-23-13-10-20-34(38)29(2)42(44)41(28)43/h3-27H,1-2H3. The highest BCUT2D eigenvalue weighted by molar-refractivity contribution is 7.85. The van der Waals surface area contributed by atoms with E-state index in [1.807, 2.05) is 60.7 Å².